The van der Waals surface area contributed by atoms with Gasteiger partial charge in [-0.05, 0) is 35.1 Å². The zero-order valence-corrected chi connectivity index (χ0v) is 32.8. The third-order valence-corrected chi connectivity index (χ3v) is 9.98. The highest BCUT2D eigenvalue weighted by molar-refractivity contribution is 5.96. The van der Waals surface area contributed by atoms with Crippen molar-refractivity contribution in [2.75, 3.05) is 26.2 Å². The van der Waals surface area contributed by atoms with Crippen LogP contribution in [0.1, 0.15) is 111 Å². The highest BCUT2D eigenvalue weighted by Gasteiger charge is 2.16. The van der Waals surface area contributed by atoms with Gasteiger partial charge in [0, 0.05) is 63.0 Å². The molecule has 0 bridgehead atoms. The van der Waals surface area contributed by atoms with Crippen LogP contribution in [0.2, 0.25) is 0 Å². The Bertz CT molecular complexity index is 1650. The highest BCUT2D eigenvalue weighted by atomic mass is 16.2. The molecule has 4 N–H and O–H groups in total. The van der Waals surface area contributed by atoms with Gasteiger partial charge in [-0.3, -0.25) is 19.2 Å². The van der Waals surface area contributed by atoms with E-state index >= 15 is 0 Å². The molecular weight excluding hydrogens is 697 g/mol. The first-order valence-corrected chi connectivity index (χ1v) is 20.5. The minimum atomic E-state index is -0.287. The predicted octanol–water partition coefficient (Wildman–Crippen LogP) is 8.35. The second kappa shape index (κ2) is 26.3. The zero-order valence-electron chi connectivity index (χ0n) is 32.8. The van der Waals surface area contributed by atoms with Crippen LogP contribution in [0.3, 0.4) is 0 Å². The van der Waals surface area contributed by atoms with Gasteiger partial charge in [0.05, 0.1) is 0 Å². The molecule has 4 aromatic carbocycles. The second-order valence-corrected chi connectivity index (χ2v) is 14.3. The molecule has 0 aliphatic heterocycles. The summed E-state index contributed by atoms with van der Waals surface area (Å²) in [6, 6.07) is 40.5. The monoisotopic (exact) mass is 756 g/mol. The van der Waals surface area contributed by atoms with Crippen molar-refractivity contribution in [3.63, 3.8) is 0 Å². The minimum Gasteiger partial charge on any atom is -0.356 e. The van der Waals surface area contributed by atoms with Crippen molar-refractivity contribution in [3.8, 4) is 0 Å². The number of carbonyl (C=O) groups excluding carboxylic acids is 4. The van der Waals surface area contributed by atoms with Gasteiger partial charge in [-0.1, -0.05) is 173 Å². The Kier molecular flexibility index (Phi) is 20.3. The highest BCUT2D eigenvalue weighted by Crippen LogP contribution is 2.25. The smallest absolute Gasteiger partial charge is 0.244 e. The average Bonchev–Trinajstić information content (AvgIpc) is 3.24. The number of carbonyl (C=O) groups is 4. The van der Waals surface area contributed by atoms with Gasteiger partial charge >= 0.3 is 0 Å². The van der Waals surface area contributed by atoms with E-state index < -0.39 is 0 Å². The maximum Gasteiger partial charge on any atom is 0.244 e. The van der Waals surface area contributed by atoms with Crippen molar-refractivity contribution in [1.82, 2.24) is 21.3 Å². The van der Waals surface area contributed by atoms with Crippen LogP contribution in [-0.2, 0) is 19.2 Å². The Labute approximate surface area is 334 Å². The van der Waals surface area contributed by atoms with E-state index in [1.165, 1.54) is 37.8 Å². The van der Waals surface area contributed by atoms with Crippen LogP contribution < -0.4 is 21.3 Å². The first kappa shape index (κ1) is 43.2. The molecule has 8 heteroatoms. The maximum absolute atomic E-state index is 12.5. The molecule has 8 nitrogen and oxygen atoms in total. The largest absolute Gasteiger partial charge is 0.356 e. The Morgan fingerprint density at radius 2 is 0.679 bits per heavy atom. The first-order valence-electron chi connectivity index (χ1n) is 20.5. The number of benzene rings is 4. The van der Waals surface area contributed by atoms with Crippen molar-refractivity contribution < 1.29 is 19.2 Å². The number of unbranched alkanes of at least 4 members (excludes halogenated alkanes) is 9. The molecule has 0 aliphatic carbocycles. The first-order chi connectivity index (χ1) is 27.5. The second-order valence-electron chi connectivity index (χ2n) is 14.3. The normalized spacial score (nSPS) is 11.1. The fraction of sp³-hybridized carbons (Fsp3) is 0.375. The summed E-state index contributed by atoms with van der Waals surface area (Å²) in [5.41, 5.74) is 4.55. The summed E-state index contributed by atoms with van der Waals surface area (Å²) in [5, 5.41) is 11.8. The molecule has 0 saturated carbocycles. The number of hydrogen-bond donors (Lipinski definition) is 4. The van der Waals surface area contributed by atoms with Gasteiger partial charge < -0.3 is 21.3 Å². The molecule has 56 heavy (non-hydrogen) atoms. The van der Waals surface area contributed by atoms with Crippen LogP contribution in [0, 0.1) is 0 Å². The summed E-state index contributed by atoms with van der Waals surface area (Å²) in [4.78, 5) is 49.5. The molecule has 0 atom stereocenters. The number of amides is 4. The van der Waals surface area contributed by atoms with E-state index in [-0.39, 0.29) is 48.3 Å². The van der Waals surface area contributed by atoms with Gasteiger partial charge in [-0.2, -0.15) is 0 Å². The molecule has 0 unspecified atom stereocenters. The van der Waals surface area contributed by atoms with Crippen LogP contribution in [-0.4, -0.2) is 49.8 Å². The molecule has 4 amide bonds. The predicted molar refractivity (Wildman–Crippen MR) is 226 cm³/mol. The summed E-state index contributed by atoms with van der Waals surface area (Å²) >= 11 is 0. The van der Waals surface area contributed by atoms with Crippen molar-refractivity contribution in [2.24, 2.45) is 0 Å². The Morgan fingerprint density at radius 1 is 0.375 bits per heavy atom. The number of nitrogens with one attached hydrogen (secondary N) is 4. The third-order valence-electron chi connectivity index (χ3n) is 9.98. The van der Waals surface area contributed by atoms with Crippen molar-refractivity contribution in [3.05, 3.63) is 156 Å². The van der Waals surface area contributed by atoms with Crippen molar-refractivity contribution >= 4 is 23.6 Å². The van der Waals surface area contributed by atoms with Gasteiger partial charge in [0.15, 0.2) is 0 Å². The fourth-order valence-electron chi connectivity index (χ4n) is 6.79. The zero-order chi connectivity index (χ0) is 39.5. The van der Waals surface area contributed by atoms with Gasteiger partial charge in [-0.15, -0.1) is 0 Å². The van der Waals surface area contributed by atoms with Gasteiger partial charge in [-0.25, -0.2) is 0 Å². The van der Waals surface area contributed by atoms with E-state index in [1.807, 2.05) is 72.8 Å². The number of rotatable bonds is 26. The van der Waals surface area contributed by atoms with Gasteiger partial charge in [0.25, 0.3) is 0 Å². The van der Waals surface area contributed by atoms with Crippen LogP contribution in [0.5, 0.6) is 0 Å². The molecule has 4 aromatic rings. The fourth-order valence-corrected chi connectivity index (χ4v) is 6.79. The molecule has 0 fully saturated rings. The van der Waals surface area contributed by atoms with Crippen LogP contribution in [0.15, 0.2) is 133 Å². The lowest BCUT2D eigenvalue weighted by atomic mass is 9.91. The lowest BCUT2D eigenvalue weighted by Gasteiger charge is -2.19. The van der Waals surface area contributed by atoms with Crippen LogP contribution in [0.25, 0.3) is 0 Å². The van der Waals surface area contributed by atoms with Gasteiger partial charge in [0.2, 0.25) is 23.6 Å². The molecule has 0 radical (unpaired) electrons. The van der Waals surface area contributed by atoms with E-state index in [4.69, 9.17) is 0 Å². The lowest BCUT2D eigenvalue weighted by molar-refractivity contribution is -0.126. The molecule has 0 spiro atoms. The molecular formula is C48H60N4O4. The van der Waals surface area contributed by atoms with Crippen LogP contribution in [0.4, 0.5) is 0 Å². The molecule has 0 aromatic heterocycles. The van der Waals surface area contributed by atoms with Gasteiger partial charge in [0.1, 0.15) is 0 Å². The SMILES string of the molecule is O=C(/C=C/C(=O)NCC(c1ccccc1)c1ccccc1)NCCCCCCCCCCCCNC(=O)CCC(=O)NCC(c1ccccc1)c1ccccc1. The summed E-state index contributed by atoms with van der Waals surface area (Å²) in [5.74, 6) is -0.635. The summed E-state index contributed by atoms with van der Waals surface area (Å²) in [6.45, 7) is 2.18. The quantitative estimate of drug-likeness (QED) is 0.0381. The molecule has 296 valence electrons. The molecule has 0 aliphatic rings. The standard InChI is InChI=1S/C48H60N4O4/c53-45(31-33-47(55)51-37-43(39-23-13-9-14-24-39)40-25-15-10-16-26-40)49-35-21-7-5-3-1-2-4-6-8-22-36-50-46(54)32-34-48(56)52-38-44(41-27-17-11-18-28-41)42-29-19-12-20-30-42/h9-20,23-31,33,43-44H,1-8,21-22,32,34-38H2,(H,49,53)(H,50,54)(H,51,55)(H,52,56)/b33-31+. The molecule has 4 rings (SSSR count). The maximum atomic E-state index is 12.5. The minimum absolute atomic E-state index is 0.0280. The molecule has 0 heterocycles. The number of hydrogen-bond acceptors (Lipinski definition) is 4. The van der Waals surface area contributed by atoms with E-state index in [2.05, 4.69) is 69.8 Å². The van der Waals surface area contributed by atoms with Crippen molar-refractivity contribution in [1.29, 1.82) is 0 Å². The Morgan fingerprint density at radius 3 is 1.07 bits per heavy atom. The summed E-state index contributed by atoms with van der Waals surface area (Å²) < 4.78 is 0. The summed E-state index contributed by atoms with van der Waals surface area (Å²) in [6.07, 6.45) is 14.1. The van der Waals surface area contributed by atoms with E-state index in [9.17, 15) is 19.2 Å². The Balaban J connectivity index is 0.933. The van der Waals surface area contributed by atoms with E-state index in [1.54, 1.807) is 0 Å². The van der Waals surface area contributed by atoms with E-state index in [0.717, 1.165) is 60.8 Å². The summed E-state index contributed by atoms with van der Waals surface area (Å²) in [7, 11) is 0. The van der Waals surface area contributed by atoms with E-state index in [0.29, 0.717) is 26.2 Å². The average molecular weight is 757 g/mol. The molecule has 0 saturated heterocycles. The lowest BCUT2D eigenvalue weighted by Crippen LogP contribution is -2.31. The van der Waals surface area contributed by atoms with Crippen molar-refractivity contribution in [2.45, 2.75) is 88.9 Å². The Hall–Kier alpha value is -5.50. The topological polar surface area (TPSA) is 116 Å². The third kappa shape index (κ3) is 17.3. The van der Waals surface area contributed by atoms with Crippen LogP contribution >= 0.6 is 0 Å².